The van der Waals surface area contributed by atoms with Crippen LogP contribution in [0.15, 0.2) is 46.2 Å². The van der Waals surface area contributed by atoms with Crippen molar-refractivity contribution in [2.24, 2.45) is 0 Å². The summed E-state index contributed by atoms with van der Waals surface area (Å²) in [5.41, 5.74) is -5.55. The van der Waals surface area contributed by atoms with Gasteiger partial charge in [0.1, 0.15) is 5.75 Å². The second-order valence-electron chi connectivity index (χ2n) is 6.22. The van der Waals surface area contributed by atoms with Crippen molar-refractivity contribution in [1.29, 1.82) is 5.26 Å². The molecular weight excluding hydrogens is 448 g/mol. The minimum Gasteiger partial charge on any atom is -0.449 e. The van der Waals surface area contributed by atoms with Crippen molar-refractivity contribution in [3.8, 4) is 17.6 Å². The van der Waals surface area contributed by atoms with Crippen LogP contribution in [0.3, 0.4) is 0 Å². The Morgan fingerprint density at radius 3 is 2.34 bits per heavy atom. The first-order valence-electron chi connectivity index (χ1n) is 8.40. The zero-order valence-electron chi connectivity index (χ0n) is 15.5. The number of alkyl halides is 6. The molecule has 0 fully saturated rings. The van der Waals surface area contributed by atoms with Crippen molar-refractivity contribution < 1.29 is 31.1 Å². The van der Waals surface area contributed by atoms with Crippen LogP contribution in [0.5, 0.6) is 11.5 Å². The third-order valence-electron chi connectivity index (χ3n) is 3.92. The molecule has 0 amide bonds. The molecule has 0 saturated carbocycles. The van der Waals surface area contributed by atoms with Crippen molar-refractivity contribution in [1.82, 2.24) is 19.7 Å². The van der Waals surface area contributed by atoms with Crippen LogP contribution in [-0.2, 0) is 18.9 Å². The van der Waals surface area contributed by atoms with Crippen LogP contribution in [0.4, 0.5) is 26.3 Å². The molecule has 3 rings (SSSR count). The molecule has 0 unspecified atom stereocenters. The van der Waals surface area contributed by atoms with E-state index in [1.54, 1.807) is 0 Å². The minimum absolute atomic E-state index is 0.0741. The van der Waals surface area contributed by atoms with E-state index >= 15 is 0 Å². The Labute approximate surface area is 173 Å². The molecule has 0 radical (unpaired) electrons. The van der Waals surface area contributed by atoms with Gasteiger partial charge in [-0.15, -0.1) is 0 Å². The Hall–Kier alpha value is -4.15. The number of aromatic amines is 1. The van der Waals surface area contributed by atoms with Gasteiger partial charge in [-0.3, -0.25) is 14.2 Å². The lowest BCUT2D eigenvalue weighted by Gasteiger charge is -2.15. The highest BCUT2D eigenvalue weighted by Crippen LogP contribution is 2.37. The zero-order chi connectivity index (χ0) is 23.7. The van der Waals surface area contributed by atoms with Crippen LogP contribution >= 0.6 is 0 Å². The van der Waals surface area contributed by atoms with E-state index in [9.17, 15) is 35.9 Å². The van der Waals surface area contributed by atoms with E-state index in [0.29, 0.717) is 23.0 Å². The maximum atomic E-state index is 13.4. The fraction of sp³-hybridized carbons (Fsp3) is 0.167. The average Bonchev–Trinajstić information content (AvgIpc) is 2.70. The molecule has 0 saturated heterocycles. The van der Waals surface area contributed by atoms with Gasteiger partial charge in [-0.05, 0) is 24.3 Å². The molecule has 2 aromatic heterocycles. The molecule has 32 heavy (non-hydrogen) atoms. The van der Waals surface area contributed by atoms with Gasteiger partial charge in [-0.1, -0.05) is 0 Å². The average molecular weight is 457 g/mol. The van der Waals surface area contributed by atoms with Gasteiger partial charge in [0.2, 0.25) is 5.75 Å². The van der Waals surface area contributed by atoms with E-state index in [-0.39, 0.29) is 5.69 Å². The minimum atomic E-state index is -5.18. The molecule has 0 aliphatic rings. The number of halogens is 6. The summed E-state index contributed by atoms with van der Waals surface area (Å²) < 4.78 is 84.8. The largest absolute Gasteiger partial charge is 0.449 e. The zero-order valence-corrected chi connectivity index (χ0v) is 15.5. The topological polar surface area (TPSA) is 114 Å². The highest BCUT2D eigenvalue weighted by Gasteiger charge is 2.39. The molecule has 1 aromatic carbocycles. The number of aromatic nitrogens is 4. The summed E-state index contributed by atoms with van der Waals surface area (Å²) in [5.74, 6) is -2.21. The van der Waals surface area contributed by atoms with Crippen LogP contribution in [0.1, 0.15) is 22.5 Å². The first-order valence-corrected chi connectivity index (χ1v) is 8.40. The number of hydrogen-bond donors (Lipinski definition) is 1. The fourth-order valence-corrected chi connectivity index (χ4v) is 2.52. The molecule has 8 nitrogen and oxygen atoms in total. The number of H-pyrrole nitrogens is 1. The maximum Gasteiger partial charge on any atom is 0.437 e. The van der Waals surface area contributed by atoms with E-state index < -0.39 is 58.3 Å². The lowest BCUT2D eigenvalue weighted by atomic mass is 10.1. The van der Waals surface area contributed by atoms with E-state index in [2.05, 4.69) is 15.2 Å². The van der Waals surface area contributed by atoms with Gasteiger partial charge in [0.15, 0.2) is 5.69 Å². The Morgan fingerprint density at radius 2 is 1.78 bits per heavy atom. The Kier molecular flexibility index (Phi) is 5.76. The molecule has 1 N–H and O–H groups in total. The molecular formula is C18H9F6N5O3. The van der Waals surface area contributed by atoms with E-state index in [4.69, 9.17) is 10.00 Å². The van der Waals surface area contributed by atoms with Crippen molar-refractivity contribution >= 4 is 0 Å². The number of hydrogen-bond acceptors (Lipinski definition) is 6. The third kappa shape index (κ3) is 4.94. The van der Waals surface area contributed by atoms with Gasteiger partial charge in [0.05, 0.1) is 35.8 Å². The van der Waals surface area contributed by atoms with Gasteiger partial charge in [-0.25, -0.2) is 10.1 Å². The van der Waals surface area contributed by atoms with E-state index in [0.717, 1.165) is 12.1 Å². The molecule has 14 heteroatoms. The number of nitrogens with one attached hydrogen (secondary N) is 1. The number of nitriles is 1. The lowest BCUT2D eigenvalue weighted by Crippen LogP contribution is -2.27. The number of nitrogens with zero attached hydrogens (tertiary/aromatic N) is 4. The van der Waals surface area contributed by atoms with Gasteiger partial charge in [0.25, 0.3) is 11.1 Å². The molecule has 3 aromatic rings. The molecule has 0 bridgehead atoms. The molecule has 0 aliphatic heterocycles. The second kappa shape index (κ2) is 8.17. The molecule has 0 spiro atoms. The number of rotatable bonds is 4. The van der Waals surface area contributed by atoms with Crippen molar-refractivity contribution in [3.63, 3.8) is 0 Å². The highest BCUT2D eigenvalue weighted by atomic mass is 19.4. The smallest absolute Gasteiger partial charge is 0.437 e. The molecule has 0 atom stereocenters. The molecule has 0 aliphatic carbocycles. The number of ether oxygens (including phenoxy) is 1. The fourth-order valence-electron chi connectivity index (χ4n) is 2.52. The number of benzene rings is 1. The maximum absolute atomic E-state index is 13.4. The van der Waals surface area contributed by atoms with Crippen LogP contribution in [0.2, 0.25) is 0 Å². The first-order chi connectivity index (χ1) is 14.9. The predicted molar refractivity (Wildman–Crippen MR) is 93.7 cm³/mol. The summed E-state index contributed by atoms with van der Waals surface area (Å²) in [7, 11) is 0. The summed E-state index contributed by atoms with van der Waals surface area (Å²) in [6.07, 6.45) is -9.55. The van der Waals surface area contributed by atoms with Crippen LogP contribution in [-0.4, -0.2) is 19.7 Å². The van der Waals surface area contributed by atoms with E-state index in [1.165, 1.54) is 12.1 Å². The molecule has 2 heterocycles. The lowest BCUT2D eigenvalue weighted by molar-refractivity contribution is -0.142. The summed E-state index contributed by atoms with van der Waals surface area (Å²) in [4.78, 5) is 26.9. The third-order valence-corrected chi connectivity index (χ3v) is 3.92. The second-order valence-corrected chi connectivity index (χ2v) is 6.22. The summed E-state index contributed by atoms with van der Waals surface area (Å²) >= 11 is 0. The van der Waals surface area contributed by atoms with Gasteiger partial charge < -0.3 is 4.74 Å². The van der Waals surface area contributed by atoms with Crippen molar-refractivity contribution in [2.75, 3.05) is 0 Å². The predicted octanol–water partition coefficient (Wildman–Crippen LogP) is 3.08. The Morgan fingerprint density at radius 1 is 1.06 bits per heavy atom. The van der Waals surface area contributed by atoms with Crippen molar-refractivity contribution in [2.45, 2.75) is 18.9 Å². The van der Waals surface area contributed by atoms with Gasteiger partial charge in [0, 0.05) is 6.07 Å². The summed E-state index contributed by atoms with van der Waals surface area (Å²) in [5, 5.41) is 14.6. The van der Waals surface area contributed by atoms with E-state index in [1.807, 2.05) is 0 Å². The van der Waals surface area contributed by atoms with Crippen LogP contribution in [0.25, 0.3) is 0 Å². The summed E-state index contributed by atoms with van der Waals surface area (Å²) in [6.45, 7) is -0.427. The standard InChI is InChI=1S/C18H9F6N5O3/c19-17(20,21)10-3-9(6-25)4-12(5-10)32-14-15(18(22,23)24)26-8-29(16(14)31)7-11-1-2-13(30)28-27-11/h1-5,8H,7H2,(H,28,30). The normalized spacial score (nSPS) is 11.8. The Bertz CT molecular complexity index is 1300. The summed E-state index contributed by atoms with van der Waals surface area (Å²) in [6, 6.07) is 5.27. The molecule has 166 valence electrons. The van der Waals surface area contributed by atoms with Gasteiger partial charge >= 0.3 is 12.4 Å². The van der Waals surface area contributed by atoms with Gasteiger partial charge in [-0.2, -0.15) is 36.7 Å². The van der Waals surface area contributed by atoms with Crippen molar-refractivity contribution in [3.05, 3.63) is 79.9 Å². The highest BCUT2D eigenvalue weighted by molar-refractivity contribution is 5.44. The van der Waals surface area contributed by atoms with Crippen LogP contribution < -0.4 is 15.9 Å². The van der Waals surface area contributed by atoms with Crippen LogP contribution in [0, 0.1) is 11.3 Å². The quantitative estimate of drug-likeness (QED) is 0.603. The first kappa shape index (κ1) is 22.5. The SMILES string of the molecule is N#Cc1cc(Oc2c(C(F)(F)F)ncn(Cc3ccc(=O)[nH]n3)c2=O)cc(C(F)(F)F)c1. The Balaban J connectivity index is 2.12. The monoisotopic (exact) mass is 457 g/mol.